The summed E-state index contributed by atoms with van der Waals surface area (Å²) >= 11 is 0. The van der Waals surface area contributed by atoms with Gasteiger partial charge in [-0.15, -0.1) is 13.2 Å². The van der Waals surface area contributed by atoms with Crippen molar-refractivity contribution in [2.45, 2.75) is 31.0 Å². The number of aliphatic hydroxyl groups is 1. The molecule has 2 rings (SSSR count). The van der Waals surface area contributed by atoms with Crippen molar-refractivity contribution in [1.29, 1.82) is 0 Å². The van der Waals surface area contributed by atoms with Crippen LogP contribution in [0.1, 0.15) is 12.6 Å². The Bertz CT molecular complexity index is 686. The third-order valence-electron chi connectivity index (χ3n) is 4.04. The molecule has 3 N–H and O–H groups in total. The van der Waals surface area contributed by atoms with Gasteiger partial charge in [0.15, 0.2) is 17.8 Å². The normalized spacial score (nSPS) is 27.4. The first-order valence-corrected chi connectivity index (χ1v) is 10.7. The molecule has 24 heavy (non-hydrogen) atoms. The van der Waals surface area contributed by atoms with E-state index in [0.717, 1.165) is 6.16 Å². The summed E-state index contributed by atoms with van der Waals surface area (Å²) in [7, 11) is 2.90. The lowest BCUT2D eigenvalue weighted by Gasteiger charge is -2.20. The fraction of sp³-hybridized carbons (Fsp3) is 0.667. The maximum Gasteiger partial charge on any atom is 0.351 e. The highest BCUT2D eigenvalue weighted by Crippen LogP contribution is 2.40. The number of aliphatic hydroxyl groups excluding tert-OH is 1. The van der Waals surface area contributed by atoms with Crippen LogP contribution in [0.3, 0.4) is 0 Å². The molecule has 136 valence electrons. The molecular weight excluding hydrogens is 333 g/mol. The van der Waals surface area contributed by atoms with E-state index in [1.165, 1.54) is 25.0 Å². The third kappa shape index (κ3) is 4.00. The van der Waals surface area contributed by atoms with Crippen molar-refractivity contribution in [3.8, 4) is 5.75 Å². The molecule has 0 aliphatic carbocycles. The van der Waals surface area contributed by atoms with E-state index in [0.29, 0.717) is 6.42 Å². The molecule has 9 heteroatoms. The van der Waals surface area contributed by atoms with Crippen molar-refractivity contribution in [2.24, 2.45) is 0 Å². The third-order valence-corrected chi connectivity index (χ3v) is 5.51. The Morgan fingerprint density at radius 3 is 2.71 bits per heavy atom. The minimum atomic E-state index is -1.24. The van der Waals surface area contributed by atoms with Crippen molar-refractivity contribution in [3.05, 3.63) is 16.7 Å². The molecular formula is C15H26N3O5P. The van der Waals surface area contributed by atoms with Crippen molar-refractivity contribution < 1.29 is 19.3 Å². The minimum absolute atomic E-state index is 0.00594. The average Bonchev–Trinajstić information content (AvgIpc) is 2.80. The number of rotatable bonds is 6. The second-order valence-corrected chi connectivity index (χ2v) is 10.9. The van der Waals surface area contributed by atoms with Crippen molar-refractivity contribution in [1.82, 2.24) is 9.55 Å². The summed E-state index contributed by atoms with van der Waals surface area (Å²) in [5.74, 6) is 0.266. The number of aromatic nitrogens is 2. The molecule has 0 radical (unpaired) electrons. The standard InChI is InChI=1S/C15H26N3O5P/c1-21-10-8-18(15(20)17-13(10)16)14-12(22-2)11(19)9(23-14)6-7-24(3,4)5/h8-9,11-12,14,19H,3,6-7H2,1-2,4-5H3,(H2,16,17,20)/t9-,11-,12-,14?/m1/s1. The first kappa shape index (κ1) is 19.0. The molecule has 0 aromatic carbocycles. The predicted molar refractivity (Wildman–Crippen MR) is 95.5 cm³/mol. The molecule has 1 fully saturated rings. The van der Waals surface area contributed by atoms with Crippen LogP contribution in [0, 0.1) is 0 Å². The van der Waals surface area contributed by atoms with Crippen molar-refractivity contribution >= 4 is 19.0 Å². The summed E-state index contributed by atoms with van der Waals surface area (Å²) in [6, 6.07) is 0. The average molecular weight is 359 g/mol. The van der Waals surface area contributed by atoms with Gasteiger partial charge in [-0.3, -0.25) is 4.57 Å². The van der Waals surface area contributed by atoms with E-state index in [2.05, 4.69) is 24.6 Å². The zero-order chi connectivity index (χ0) is 18.1. The first-order chi connectivity index (χ1) is 11.2. The summed E-state index contributed by atoms with van der Waals surface area (Å²) in [5, 5.41) is 10.5. The molecule has 0 bridgehead atoms. The molecule has 1 aliphatic heterocycles. The van der Waals surface area contributed by atoms with Gasteiger partial charge in [0.25, 0.3) is 0 Å². The zero-order valence-corrected chi connectivity index (χ0v) is 15.4. The van der Waals surface area contributed by atoms with Crippen LogP contribution >= 0.6 is 6.89 Å². The fourth-order valence-corrected chi connectivity index (χ4v) is 3.67. The number of anilines is 1. The van der Waals surface area contributed by atoms with Crippen LogP contribution in [-0.2, 0) is 9.47 Å². The van der Waals surface area contributed by atoms with Gasteiger partial charge < -0.3 is 25.1 Å². The van der Waals surface area contributed by atoms with Crippen LogP contribution in [0.5, 0.6) is 5.75 Å². The summed E-state index contributed by atoms with van der Waals surface area (Å²) in [5.41, 5.74) is 5.06. The van der Waals surface area contributed by atoms with Crippen LogP contribution < -0.4 is 16.2 Å². The maximum atomic E-state index is 12.2. The quantitative estimate of drug-likeness (QED) is 0.699. The van der Waals surface area contributed by atoms with Gasteiger partial charge in [0.2, 0.25) is 0 Å². The molecule has 4 atom stereocenters. The predicted octanol–water partition coefficient (Wildman–Crippen LogP) is 0.207. The summed E-state index contributed by atoms with van der Waals surface area (Å²) in [6.45, 7) is 3.01. The summed E-state index contributed by atoms with van der Waals surface area (Å²) < 4.78 is 17.6. The van der Waals surface area contributed by atoms with Gasteiger partial charge in [0.1, 0.15) is 12.2 Å². The van der Waals surface area contributed by atoms with Gasteiger partial charge in [-0.25, -0.2) is 4.79 Å². The highest BCUT2D eigenvalue weighted by molar-refractivity contribution is 7.72. The molecule has 8 nitrogen and oxygen atoms in total. The molecule has 1 aromatic rings. The number of nitrogens with two attached hydrogens (primary N) is 1. The van der Waals surface area contributed by atoms with Gasteiger partial charge in [0.05, 0.1) is 19.4 Å². The van der Waals surface area contributed by atoms with E-state index >= 15 is 0 Å². The molecule has 1 aliphatic rings. The minimum Gasteiger partial charge on any atom is -0.491 e. The van der Waals surface area contributed by atoms with Gasteiger partial charge in [0, 0.05) is 7.11 Å². The van der Waals surface area contributed by atoms with E-state index in [9.17, 15) is 9.90 Å². The lowest BCUT2D eigenvalue weighted by atomic mass is 10.1. The topological polar surface area (TPSA) is 109 Å². The van der Waals surface area contributed by atoms with Gasteiger partial charge >= 0.3 is 5.69 Å². The Morgan fingerprint density at radius 2 is 2.17 bits per heavy atom. The zero-order valence-electron chi connectivity index (χ0n) is 14.5. The Hall–Kier alpha value is -1.34. The molecule has 1 aromatic heterocycles. The number of ether oxygens (including phenoxy) is 3. The monoisotopic (exact) mass is 359 g/mol. The van der Waals surface area contributed by atoms with E-state index in [4.69, 9.17) is 19.9 Å². The smallest absolute Gasteiger partial charge is 0.351 e. The number of nitrogens with zero attached hydrogens (tertiary/aromatic N) is 2. The lowest BCUT2D eigenvalue weighted by molar-refractivity contribution is -0.0543. The number of hydrogen-bond acceptors (Lipinski definition) is 7. The molecule has 1 unspecified atom stereocenters. The van der Waals surface area contributed by atoms with Gasteiger partial charge in [-0.2, -0.15) is 4.98 Å². The maximum absolute atomic E-state index is 12.2. The molecule has 0 amide bonds. The second-order valence-electron chi connectivity index (χ2n) is 6.59. The highest BCUT2D eigenvalue weighted by atomic mass is 31.2. The SMILES string of the molecule is C=P(C)(C)CC[C@H]1OC(n2cc(OC)c(N)nc2=O)[C@H](OC)[C@@H]1O. The number of methoxy groups -OCH3 is 2. The Labute approximate surface area is 141 Å². The second kappa shape index (κ2) is 7.27. The summed E-state index contributed by atoms with van der Waals surface area (Å²) in [6.07, 6.45) is 4.35. The largest absolute Gasteiger partial charge is 0.491 e. The van der Waals surface area contributed by atoms with E-state index in [1.807, 2.05) is 0 Å². The van der Waals surface area contributed by atoms with Crippen molar-refractivity contribution in [3.63, 3.8) is 0 Å². The Kier molecular flexibility index (Phi) is 5.75. The summed E-state index contributed by atoms with van der Waals surface area (Å²) in [4.78, 5) is 15.9. The van der Waals surface area contributed by atoms with Crippen LogP contribution in [0.4, 0.5) is 5.82 Å². The highest BCUT2D eigenvalue weighted by Gasteiger charge is 2.45. The van der Waals surface area contributed by atoms with Crippen LogP contribution in [0.25, 0.3) is 0 Å². The van der Waals surface area contributed by atoms with E-state index in [-0.39, 0.29) is 11.6 Å². The van der Waals surface area contributed by atoms with Gasteiger partial charge in [-0.05, 0) is 25.9 Å². The first-order valence-electron chi connectivity index (χ1n) is 7.64. The lowest BCUT2D eigenvalue weighted by Crippen LogP contribution is -2.37. The van der Waals surface area contributed by atoms with E-state index < -0.39 is 37.1 Å². The van der Waals surface area contributed by atoms with E-state index in [1.54, 1.807) is 0 Å². The number of hydrogen-bond donors (Lipinski definition) is 2. The Morgan fingerprint density at radius 1 is 1.50 bits per heavy atom. The number of nitrogen functional groups attached to an aromatic ring is 1. The molecule has 0 spiro atoms. The molecule has 1 saturated heterocycles. The van der Waals surface area contributed by atoms with Crippen LogP contribution in [0.15, 0.2) is 11.0 Å². The Balaban J connectivity index is 2.30. The van der Waals surface area contributed by atoms with Crippen LogP contribution in [-0.4, -0.2) is 73.0 Å². The van der Waals surface area contributed by atoms with Crippen molar-refractivity contribution in [2.75, 3.05) is 39.4 Å². The van der Waals surface area contributed by atoms with Gasteiger partial charge in [-0.1, -0.05) is 0 Å². The fourth-order valence-electron chi connectivity index (χ4n) is 2.72. The van der Waals surface area contributed by atoms with Crippen LogP contribution in [0.2, 0.25) is 0 Å². The molecule has 2 heterocycles. The molecule has 0 saturated carbocycles.